The van der Waals surface area contributed by atoms with Crippen molar-refractivity contribution in [3.8, 4) is 0 Å². The third-order valence-electron chi connectivity index (χ3n) is 2.55. The summed E-state index contributed by atoms with van der Waals surface area (Å²) < 4.78 is 42.0. The van der Waals surface area contributed by atoms with Gasteiger partial charge in [0.1, 0.15) is 6.54 Å². The number of urea groups is 1. The molecule has 0 saturated heterocycles. The molecule has 0 aromatic heterocycles. The van der Waals surface area contributed by atoms with E-state index < -0.39 is 23.7 Å². The van der Waals surface area contributed by atoms with Gasteiger partial charge in [-0.3, -0.25) is 10.1 Å². The van der Waals surface area contributed by atoms with E-state index in [4.69, 9.17) is 0 Å². The Bertz CT molecular complexity index is 519. The summed E-state index contributed by atoms with van der Waals surface area (Å²) in [6.07, 6.45) is -4.54. The summed E-state index contributed by atoms with van der Waals surface area (Å²) in [5.74, 6) is 0. The summed E-state index contributed by atoms with van der Waals surface area (Å²) in [4.78, 5) is 22.3. The van der Waals surface area contributed by atoms with E-state index >= 15 is 0 Å². The topological polar surface area (TPSA) is 84.7 Å². The molecule has 10 heteroatoms. The number of carbonyl (C=O) groups excluding carboxylic acids is 1. The molecule has 7 nitrogen and oxygen atoms in total. The SMILES string of the molecule is COCCN(CC(F)(F)F)C(=O)Nc1ccc([N+](=O)[O-])cc1. The molecule has 0 fully saturated rings. The molecule has 0 aliphatic rings. The number of amides is 2. The van der Waals surface area contributed by atoms with Crippen molar-refractivity contribution < 1.29 is 27.6 Å². The number of hydrogen-bond acceptors (Lipinski definition) is 4. The highest BCUT2D eigenvalue weighted by Crippen LogP contribution is 2.19. The smallest absolute Gasteiger partial charge is 0.383 e. The number of benzene rings is 1. The molecule has 0 aliphatic carbocycles. The predicted octanol–water partition coefficient (Wildman–Crippen LogP) is 2.64. The molecule has 0 unspecified atom stereocenters. The monoisotopic (exact) mass is 321 g/mol. The number of halogens is 3. The zero-order valence-electron chi connectivity index (χ0n) is 11.6. The third-order valence-corrected chi connectivity index (χ3v) is 2.55. The van der Waals surface area contributed by atoms with Crippen LogP contribution < -0.4 is 5.32 Å². The van der Waals surface area contributed by atoms with Crippen molar-refractivity contribution in [3.05, 3.63) is 34.4 Å². The van der Waals surface area contributed by atoms with Crippen LogP contribution in [0.15, 0.2) is 24.3 Å². The molecule has 22 heavy (non-hydrogen) atoms. The van der Waals surface area contributed by atoms with Crippen molar-refractivity contribution in [1.29, 1.82) is 0 Å². The van der Waals surface area contributed by atoms with E-state index in [0.29, 0.717) is 4.90 Å². The van der Waals surface area contributed by atoms with Gasteiger partial charge in [-0.05, 0) is 12.1 Å². The number of alkyl halides is 3. The van der Waals surface area contributed by atoms with Crippen molar-refractivity contribution in [3.63, 3.8) is 0 Å². The molecular weight excluding hydrogens is 307 g/mol. The fourth-order valence-corrected chi connectivity index (χ4v) is 1.54. The minimum Gasteiger partial charge on any atom is -0.383 e. The van der Waals surface area contributed by atoms with E-state index in [1.54, 1.807) is 0 Å². The molecule has 2 amide bonds. The van der Waals surface area contributed by atoms with Crippen LogP contribution in [0.3, 0.4) is 0 Å². The van der Waals surface area contributed by atoms with E-state index in [0.717, 1.165) is 12.1 Å². The molecule has 0 bridgehead atoms. The quantitative estimate of drug-likeness (QED) is 0.645. The second-order valence-electron chi connectivity index (χ2n) is 4.26. The molecule has 1 rings (SSSR count). The Morgan fingerprint density at radius 3 is 2.41 bits per heavy atom. The summed E-state index contributed by atoms with van der Waals surface area (Å²) in [5.41, 5.74) is -0.0373. The normalized spacial score (nSPS) is 11.1. The van der Waals surface area contributed by atoms with Crippen LogP contribution in [0.2, 0.25) is 0 Å². The standard InChI is InChI=1S/C12H14F3N3O4/c1-22-7-6-17(8-12(13,14)15)11(19)16-9-2-4-10(5-3-9)18(20)21/h2-5H,6-8H2,1H3,(H,16,19). The lowest BCUT2D eigenvalue weighted by Crippen LogP contribution is -2.43. The van der Waals surface area contributed by atoms with Gasteiger partial charge in [-0.15, -0.1) is 0 Å². The second-order valence-corrected chi connectivity index (χ2v) is 4.26. The number of hydrogen-bond donors (Lipinski definition) is 1. The molecule has 0 radical (unpaired) electrons. The number of ether oxygens (including phenoxy) is 1. The van der Waals surface area contributed by atoms with E-state index in [2.05, 4.69) is 10.1 Å². The van der Waals surface area contributed by atoms with Crippen molar-refractivity contribution in [2.45, 2.75) is 6.18 Å². The summed E-state index contributed by atoms with van der Waals surface area (Å²) >= 11 is 0. The molecule has 1 aromatic rings. The van der Waals surface area contributed by atoms with Gasteiger partial charge in [0.05, 0.1) is 11.5 Å². The lowest BCUT2D eigenvalue weighted by molar-refractivity contribution is -0.384. The van der Waals surface area contributed by atoms with E-state index in [1.165, 1.54) is 19.2 Å². The lowest BCUT2D eigenvalue weighted by atomic mass is 10.3. The molecule has 0 heterocycles. The van der Waals surface area contributed by atoms with E-state index in [1.807, 2.05) is 0 Å². The summed E-state index contributed by atoms with van der Waals surface area (Å²) in [6, 6.07) is 3.77. The van der Waals surface area contributed by atoms with Gasteiger partial charge in [0.2, 0.25) is 0 Å². The summed E-state index contributed by atoms with van der Waals surface area (Å²) in [7, 11) is 1.31. The van der Waals surface area contributed by atoms with Gasteiger partial charge in [0.15, 0.2) is 0 Å². The first-order valence-corrected chi connectivity index (χ1v) is 6.09. The molecule has 1 N–H and O–H groups in total. The number of anilines is 1. The van der Waals surface area contributed by atoms with Crippen LogP contribution in [0.4, 0.5) is 29.3 Å². The first-order chi connectivity index (χ1) is 10.2. The molecule has 0 aliphatic heterocycles. The predicted molar refractivity (Wildman–Crippen MR) is 71.6 cm³/mol. The fourth-order valence-electron chi connectivity index (χ4n) is 1.54. The maximum atomic E-state index is 12.4. The number of nitro benzene ring substituents is 1. The number of nitrogens with zero attached hydrogens (tertiary/aromatic N) is 2. The number of nitro groups is 1. The van der Waals surface area contributed by atoms with Crippen LogP contribution in [0.5, 0.6) is 0 Å². The molecule has 0 spiro atoms. The fraction of sp³-hybridized carbons (Fsp3) is 0.417. The molecule has 0 saturated carbocycles. The molecule has 1 aromatic carbocycles. The van der Waals surface area contributed by atoms with Gasteiger partial charge in [0, 0.05) is 31.5 Å². The highest BCUT2D eigenvalue weighted by Gasteiger charge is 2.32. The Morgan fingerprint density at radius 2 is 1.95 bits per heavy atom. The highest BCUT2D eigenvalue weighted by atomic mass is 19.4. The number of carbonyl (C=O) groups is 1. The number of methoxy groups -OCH3 is 1. The maximum Gasteiger partial charge on any atom is 0.406 e. The lowest BCUT2D eigenvalue weighted by Gasteiger charge is -2.23. The molecular formula is C12H14F3N3O4. The number of rotatable bonds is 6. The number of nitrogens with one attached hydrogen (secondary N) is 1. The van der Waals surface area contributed by atoms with Crippen LogP contribution in [0, 0.1) is 10.1 Å². The Balaban J connectivity index is 2.74. The Morgan fingerprint density at radius 1 is 1.36 bits per heavy atom. The van der Waals surface area contributed by atoms with Crippen LogP contribution in [-0.4, -0.2) is 48.8 Å². The van der Waals surface area contributed by atoms with Crippen molar-refractivity contribution >= 4 is 17.4 Å². The summed E-state index contributed by atoms with van der Waals surface area (Å²) in [6.45, 7) is -1.71. The molecule has 122 valence electrons. The van der Waals surface area contributed by atoms with Gasteiger partial charge in [-0.1, -0.05) is 0 Å². The molecule has 0 atom stereocenters. The Labute approximate surface area is 123 Å². The average Bonchev–Trinajstić information content (AvgIpc) is 2.42. The second kappa shape index (κ2) is 7.59. The first kappa shape index (κ1) is 17.7. The Hall–Kier alpha value is -2.36. The first-order valence-electron chi connectivity index (χ1n) is 6.09. The minimum absolute atomic E-state index is 0.0518. The highest BCUT2D eigenvalue weighted by molar-refractivity contribution is 5.89. The summed E-state index contributed by atoms with van der Waals surface area (Å²) in [5, 5.41) is 12.7. The van der Waals surface area contributed by atoms with Crippen LogP contribution in [-0.2, 0) is 4.74 Å². The zero-order valence-corrected chi connectivity index (χ0v) is 11.6. The van der Waals surface area contributed by atoms with E-state index in [-0.39, 0.29) is 24.5 Å². The van der Waals surface area contributed by atoms with Crippen LogP contribution >= 0.6 is 0 Å². The van der Waals surface area contributed by atoms with Gasteiger partial charge < -0.3 is 15.0 Å². The Kier molecular flexibility index (Phi) is 6.11. The van der Waals surface area contributed by atoms with Crippen molar-refractivity contribution in [2.24, 2.45) is 0 Å². The zero-order chi connectivity index (χ0) is 16.8. The third kappa shape index (κ3) is 5.95. The van der Waals surface area contributed by atoms with Crippen LogP contribution in [0.25, 0.3) is 0 Å². The minimum atomic E-state index is -4.54. The van der Waals surface area contributed by atoms with Gasteiger partial charge in [-0.25, -0.2) is 4.79 Å². The van der Waals surface area contributed by atoms with Gasteiger partial charge >= 0.3 is 12.2 Å². The van der Waals surface area contributed by atoms with Gasteiger partial charge in [-0.2, -0.15) is 13.2 Å². The largest absolute Gasteiger partial charge is 0.406 e. The number of non-ortho nitro benzene ring substituents is 1. The van der Waals surface area contributed by atoms with Crippen LogP contribution in [0.1, 0.15) is 0 Å². The van der Waals surface area contributed by atoms with Crippen molar-refractivity contribution in [1.82, 2.24) is 4.90 Å². The maximum absolute atomic E-state index is 12.4. The van der Waals surface area contributed by atoms with Crippen molar-refractivity contribution in [2.75, 3.05) is 32.1 Å². The van der Waals surface area contributed by atoms with E-state index in [9.17, 15) is 28.1 Å². The average molecular weight is 321 g/mol. The van der Waals surface area contributed by atoms with Gasteiger partial charge in [0.25, 0.3) is 5.69 Å².